The zero-order valence-corrected chi connectivity index (χ0v) is 10.5. The molecule has 2 rings (SSSR count). The first-order chi connectivity index (χ1) is 7.99. The van der Waals surface area contributed by atoms with Crippen molar-refractivity contribution < 1.29 is 4.79 Å². The van der Waals surface area contributed by atoms with Crippen LogP contribution in [-0.2, 0) is 0 Å². The number of hydrogen-bond acceptors (Lipinski definition) is 2. The Bertz CT molecular complexity index is 503. The molecule has 4 heteroatoms. The Kier molecular flexibility index (Phi) is 3.38. The molecule has 1 unspecified atom stereocenters. The second kappa shape index (κ2) is 4.65. The molecule has 1 atom stereocenters. The number of allylic oxidation sites excluding steroid dienone is 2. The van der Waals surface area contributed by atoms with Gasteiger partial charge in [0, 0.05) is 22.6 Å². The van der Waals surface area contributed by atoms with E-state index in [0.717, 1.165) is 0 Å². The Morgan fingerprint density at radius 3 is 2.53 bits per heavy atom. The standard InChI is InChI=1S/C13H11Cl2NO/c14-11-8-13(15,16)7-6-10(11)12(17)9-4-2-1-3-5-9/h1-7H,8,16H2. The molecule has 0 saturated carbocycles. The van der Waals surface area contributed by atoms with Gasteiger partial charge in [-0.1, -0.05) is 59.6 Å². The maximum Gasteiger partial charge on any atom is 0.194 e. The molecule has 0 heterocycles. The molecule has 0 fully saturated rings. The van der Waals surface area contributed by atoms with Gasteiger partial charge < -0.3 is 5.73 Å². The zero-order valence-electron chi connectivity index (χ0n) is 8.99. The van der Waals surface area contributed by atoms with E-state index in [0.29, 0.717) is 16.2 Å². The van der Waals surface area contributed by atoms with Crippen LogP contribution in [0.2, 0.25) is 0 Å². The fraction of sp³-hybridized carbons (Fsp3) is 0.154. The molecule has 0 aliphatic heterocycles. The minimum atomic E-state index is -0.989. The number of benzene rings is 1. The molecular weight excluding hydrogens is 257 g/mol. The van der Waals surface area contributed by atoms with Gasteiger partial charge in [0.25, 0.3) is 0 Å². The van der Waals surface area contributed by atoms with E-state index in [1.807, 2.05) is 18.2 Å². The predicted octanol–water partition coefficient (Wildman–Crippen LogP) is 3.22. The fourth-order valence-corrected chi connectivity index (χ4v) is 2.28. The summed E-state index contributed by atoms with van der Waals surface area (Å²) in [6, 6.07) is 8.97. The van der Waals surface area contributed by atoms with Crippen LogP contribution < -0.4 is 5.73 Å². The maximum atomic E-state index is 12.1. The summed E-state index contributed by atoms with van der Waals surface area (Å²) in [5, 5.41) is 0.402. The number of carbonyl (C=O) groups excluding carboxylic acids is 1. The van der Waals surface area contributed by atoms with E-state index in [9.17, 15) is 4.79 Å². The molecule has 0 radical (unpaired) electrons. The van der Waals surface area contributed by atoms with Crippen LogP contribution in [0.15, 0.2) is 53.1 Å². The fourth-order valence-electron chi connectivity index (χ4n) is 1.65. The van der Waals surface area contributed by atoms with Gasteiger partial charge in [-0.25, -0.2) is 0 Å². The summed E-state index contributed by atoms with van der Waals surface area (Å²) in [5.74, 6) is -0.112. The lowest BCUT2D eigenvalue weighted by Crippen LogP contribution is -2.32. The molecule has 1 aliphatic carbocycles. The van der Waals surface area contributed by atoms with Gasteiger partial charge in [0.15, 0.2) is 5.78 Å². The number of halogens is 2. The Hall–Kier alpha value is -1.09. The van der Waals surface area contributed by atoms with Crippen molar-refractivity contribution in [2.45, 2.75) is 11.4 Å². The summed E-state index contributed by atoms with van der Waals surface area (Å²) < 4.78 is 0. The van der Waals surface area contributed by atoms with E-state index in [2.05, 4.69) is 0 Å². The number of nitrogens with two attached hydrogens (primary N) is 1. The molecule has 0 amide bonds. The van der Waals surface area contributed by atoms with Gasteiger partial charge in [0.05, 0.1) is 0 Å². The topological polar surface area (TPSA) is 43.1 Å². The van der Waals surface area contributed by atoms with E-state index in [4.69, 9.17) is 28.9 Å². The third-order valence-electron chi connectivity index (χ3n) is 2.53. The van der Waals surface area contributed by atoms with Gasteiger partial charge in [-0.3, -0.25) is 4.79 Å². The normalized spacial score (nSPS) is 23.9. The van der Waals surface area contributed by atoms with Crippen molar-refractivity contribution in [2.24, 2.45) is 5.73 Å². The number of carbonyl (C=O) groups is 1. The minimum Gasteiger partial charge on any atom is -0.309 e. The Balaban J connectivity index is 2.31. The highest BCUT2D eigenvalue weighted by atomic mass is 35.5. The molecule has 2 N–H and O–H groups in total. The Morgan fingerprint density at radius 2 is 1.94 bits per heavy atom. The van der Waals surface area contributed by atoms with Crippen molar-refractivity contribution in [3.8, 4) is 0 Å². The van der Waals surface area contributed by atoms with Gasteiger partial charge in [-0.2, -0.15) is 0 Å². The molecule has 1 aromatic rings. The molecule has 17 heavy (non-hydrogen) atoms. The van der Waals surface area contributed by atoms with Crippen molar-refractivity contribution in [3.63, 3.8) is 0 Å². The lowest BCUT2D eigenvalue weighted by molar-refractivity contribution is 0.103. The first-order valence-electron chi connectivity index (χ1n) is 5.15. The molecule has 0 bridgehead atoms. The van der Waals surface area contributed by atoms with Crippen LogP contribution in [0.5, 0.6) is 0 Å². The lowest BCUT2D eigenvalue weighted by Gasteiger charge is -2.22. The summed E-state index contributed by atoms with van der Waals surface area (Å²) in [4.78, 5) is 11.2. The van der Waals surface area contributed by atoms with Crippen molar-refractivity contribution >= 4 is 29.0 Å². The smallest absolute Gasteiger partial charge is 0.194 e. The van der Waals surface area contributed by atoms with E-state index in [-0.39, 0.29) is 12.2 Å². The molecule has 2 nitrogen and oxygen atoms in total. The third-order valence-corrected chi connectivity index (χ3v) is 3.12. The minimum absolute atomic E-state index is 0.112. The predicted molar refractivity (Wildman–Crippen MR) is 70.2 cm³/mol. The maximum absolute atomic E-state index is 12.1. The average Bonchev–Trinajstić information content (AvgIpc) is 2.28. The van der Waals surface area contributed by atoms with E-state index in [1.54, 1.807) is 24.3 Å². The van der Waals surface area contributed by atoms with Crippen LogP contribution in [0.4, 0.5) is 0 Å². The number of alkyl halides is 1. The third kappa shape index (κ3) is 2.78. The molecule has 0 spiro atoms. The quantitative estimate of drug-likeness (QED) is 0.508. The van der Waals surface area contributed by atoms with Crippen molar-refractivity contribution in [1.29, 1.82) is 0 Å². The van der Waals surface area contributed by atoms with Crippen LogP contribution in [-0.4, -0.2) is 10.8 Å². The van der Waals surface area contributed by atoms with Crippen LogP contribution in [0.1, 0.15) is 16.8 Å². The van der Waals surface area contributed by atoms with Crippen LogP contribution in [0.25, 0.3) is 0 Å². The summed E-state index contributed by atoms with van der Waals surface area (Å²) in [6.45, 7) is 0. The highest BCUT2D eigenvalue weighted by molar-refractivity contribution is 6.35. The van der Waals surface area contributed by atoms with Gasteiger partial charge in [-0.15, -0.1) is 0 Å². The average molecular weight is 268 g/mol. The van der Waals surface area contributed by atoms with Gasteiger partial charge in [-0.05, 0) is 6.08 Å². The zero-order chi connectivity index (χ0) is 12.5. The first-order valence-corrected chi connectivity index (χ1v) is 5.91. The van der Waals surface area contributed by atoms with E-state index >= 15 is 0 Å². The van der Waals surface area contributed by atoms with Crippen molar-refractivity contribution in [1.82, 2.24) is 0 Å². The summed E-state index contributed by atoms with van der Waals surface area (Å²) in [7, 11) is 0. The lowest BCUT2D eigenvalue weighted by atomic mass is 9.96. The van der Waals surface area contributed by atoms with E-state index in [1.165, 1.54) is 0 Å². The number of ketones is 1. The SMILES string of the molecule is NC1(Cl)C=CC(C(=O)c2ccccc2)=C(Cl)C1. The Labute approximate surface area is 110 Å². The van der Waals surface area contributed by atoms with Crippen molar-refractivity contribution in [2.75, 3.05) is 0 Å². The number of Topliss-reactive ketones (excluding diaryl/α,β-unsaturated/α-hetero) is 1. The molecule has 1 aromatic carbocycles. The van der Waals surface area contributed by atoms with Crippen LogP contribution in [0, 0.1) is 0 Å². The number of rotatable bonds is 2. The highest BCUT2D eigenvalue weighted by Crippen LogP contribution is 2.32. The van der Waals surface area contributed by atoms with E-state index < -0.39 is 5.00 Å². The first kappa shape index (κ1) is 12.4. The second-order valence-electron chi connectivity index (χ2n) is 3.95. The molecule has 88 valence electrons. The second-order valence-corrected chi connectivity index (χ2v) is 5.11. The van der Waals surface area contributed by atoms with Gasteiger partial charge in [0.1, 0.15) is 5.00 Å². The van der Waals surface area contributed by atoms with Gasteiger partial charge >= 0.3 is 0 Å². The molecule has 0 aromatic heterocycles. The summed E-state index contributed by atoms with van der Waals surface area (Å²) >= 11 is 12.0. The van der Waals surface area contributed by atoms with Crippen LogP contribution in [0.3, 0.4) is 0 Å². The summed E-state index contributed by atoms with van der Waals surface area (Å²) in [5.41, 5.74) is 6.78. The largest absolute Gasteiger partial charge is 0.309 e. The Morgan fingerprint density at radius 1 is 1.29 bits per heavy atom. The van der Waals surface area contributed by atoms with Crippen LogP contribution >= 0.6 is 23.2 Å². The van der Waals surface area contributed by atoms with Gasteiger partial charge in [0.2, 0.25) is 0 Å². The number of hydrogen-bond donors (Lipinski definition) is 1. The molecule has 0 saturated heterocycles. The monoisotopic (exact) mass is 267 g/mol. The highest BCUT2D eigenvalue weighted by Gasteiger charge is 2.27. The summed E-state index contributed by atoms with van der Waals surface area (Å²) in [6.07, 6.45) is 3.45. The molecular formula is C13H11Cl2NO. The molecule has 1 aliphatic rings. The van der Waals surface area contributed by atoms with Crippen molar-refractivity contribution in [3.05, 3.63) is 58.7 Å².